The van der Waals surface area contributed by atoms with E-state index in [0.717, 1.165) is 23.4 Å². The number of carbonyl (C=O) groups excluding carboxylic acids is 1. The molecule has 1 aliphatic rings. The van der Waals surface area contributed by atoms with E-state index in [4.69, 9.17) is 0 Å². The predicted octanol–water partition coefficient (Wildman–Crippen LogP) is 3.87. The maximum Gasteiger partial charge on any atom is 0.252 e. The molecule has 0 aliphatic carbocycles. The molecule has 0 radical (unpaired) electrons. The molecule has 1 saturated heterocycles. The molecule has 3 aromatic rings. The number of sulfonamides is 1. The summed E-state index contributed by atoms with van der Waals surface area (Å²) in [6.45, 7) is 0.931. The maximum atomic E-state index is 13.7. The Hall–Kier alpha value is -2.08. The number of aromatic nitrogens is 1. The summed E-state index contributed by atoms with van der Waals surface area (Å²) in [6, 6.07) is 9.16. The fourth-order valence-electron chi connectivity index (χ4n) is 3.83. The Bertz CT molecular complexity index is 1330. The van der Waals surface area contributed by atoms with Gasteiger partial charge in [0, 0.05) is 25.4 Å². The minimum atomic E-state index is -3.84. The number of halogens is 2. The Kier molecular flexibility index (Phi) is 7.32. The van der Waals surface area contributed by atoms with Gasteiger partial charge in [-0.15, -0.1) is 0 Å². The number of thioether (sulfide) groups is 1. The summed E-state index contributed by atoms with van der Waals surface area (Å²) < 4.78 is 56.7. The second kappa shape index (κ2) is 10.0. The number of carbonyl (C=O) groups is 1. The number of hydrogen-bond donors (Lipinski definition) is 0. The summed E-state index contributed by atoms with van der Waals surface area (Å²) in [5, 5.41) is 0. The van der Waals surface area contributed by atoms with Crippen LogP contribution in [0.15, 0.2) is 52.4 Å². The summed E-state index contributed by atoms with van der Waals surface area (Å²) in [6.07, 6.45) is 3.04. The molecular weight excluding hydrogens is 488 g/mol. The van der Waals surface area contributed by atoms with Gasteiger partial charge in [-0.3, -0.25) is 4.79 Å². The summed E-state index contributed by atoms with van der Waals surface area (Å²) in [4.78, 5) is 17.9. The van der Waals surface area contributed by atoms with Crippen LogP contribution in [0.2, 0.25) is 0 Å². The van der Waals surface area contributed by atoms with Crippen molar-refractivity contribution in [2.45, 2.75) is 24.3 Å². The molecule has 1 unspecified atom stereocenters. The van der Waals surface area contributed by atoms with Gasteiger partial charge in [-0.25, -0.2) is 17.2 Å². The molecule has 4 rings (SSSR count). The lowest BCUT2D eigenvalue weighted by molar-refractivity contribution is -0.122. The Morgan fingerprint density at radius 3 is 2.64 bits per heavy atom. The van der Waals surface area contributed by atoms with Gasteiger partial charge in [0.1, 0.15) is 11.6 Å². The molecule has 6 nitrogen and oxygen atoms in total. The lowest BCUT2D eigenvalue weighted by Crippen LogP contribution is -2.42. The zero-order chi connectivity index (χ0) is 23.6. The average Bonchev–Trinajstić information content (AvgIpc) is 3.13. The van der Waals surface area contributed by atoms with Gasteiger partial charge in [0.2, 0.25) is 10.0 Å². The van der Waals surface area contributed by atoms with Crippen LogP contribution in [0.1, 0.15) is 12.8 Å². The first kappa shape index (κ1) is 24.1. The van der Waals surface area contributed by atoms with Crippen LogP contribution in [0, 0.1) is 17.6 Å². The normalized spacial score (nSPS) is 18.2. The smallest absolute Gasteiger partial charge is 0.252 e. The Morgan fingerprint density at radius 2 is 1.91 bits per heavy atom. The fraction of sp³-hybridized carbons (Fsp3) is 0.364. The molecule has 1 atom stereocenters. The number of aryl methyl sites for hydroxylation is 1. The van der Waals surface area contributed by atoms with E-state index >= 15 is 0 Å². The average molecular weight is 512 g/mol. The van der Waals surface area contributed by atoms with Crippen molar-refractivity contribution in [2.75, 3.05) is 25.1 Å². The van der Waals surface area contributed by atoms with Crippen molar-refractivity contribution in [3.63, 3.8) is 0 Å². The van der Waals surface area contributed by atoms with Crippen molar-refractivity contribution in [1.82, 2.24) is 8.87 Å². The topological polar surface area (TPSA) is 71.7 Å². The molecule has 0 bridgehead atoms. The van der Waals surface area contributed by atoms with Gasteiger partial charge in [-0.1, -0.05) is 11.3 Å². The molecule has 1 aliphatic heterocycles. The van der Waals surface area contributed by atoms with Crippen molar-refractivity contribution in [1.29, 1.82) is 0 Å². The van der Waals surface area contributed by atoms with Crippen LogP contribution in [-0.4, -0.2) is 48.3 Å². The molecule has 2 heterocycles. The van der Waals surface area contributed by atoms with Crippen molar-refractivity contribution < 1.29 is 22.0 Å². The zero-order valence-corrected chi connectivity index (χ0v) is 20.4. The van der Waals surface area contributed by atoms with Gasteiger partial charge in [0.15, 0.2) is 4.80 Å². The molecular formula is C22H23F2N3O3S3. The minimum Gasteiger partial charge on any atom is -0.316 e. The first-order chi connectivity index (χ1) is 15.8. The van der Waals surface area contributed by atoms with Crippen LogP contribution in [-0.2, 0) is 21.4 Å². The molecule has 1 amide bonds. The van der Waals surface area contributed by atoms with Crippen molar-refractivity contribution in [3.05, 3.63) is 58.9 Å². The van der Waals surface area contributed by atoms with Crippen molar-refractivity contribution >= 4 is 49.2 Å². The van der Waals surface area contributed by atoms with Gasteiger partial charge in [0.05, 0.1) is 21.0 Å². The van der Waals surface area contributed by atoms with E-state index in [1.807, 2.05) is 10.8 Å². The molecule has 11 heteroatoms. The third-order valence-electron chi connectivity index (χ3n) is 5.55. The highest BCUT2D eigenvalue weighted by Gasteiger charge is 2.33. The van der Waals surface area contributed by atoms with Gasteiger partial charge < -0.3 is 4.57 Å². The zero-order valence-electron chi connectivity index (χ0n) is 17.9. The van der Waals surface area contributed by atoms with E-state index in [1.165, 1.54) is 39.9 Å². The molecule has 0 saturated carbocycles. The number of nitrogens with zero attached hydrogens (tertiary/aromatic N) is 3. The Balaban J connectivity index is 1.62. The van der Waals surface area contributed by atoms with Gasteiger partial charge in [-0.05, 0) is 61.6 Å². The summed E-state index contributed by atoms with van der Waals surface area (Å²) >= 11 is 2.90. The van der Waals surface area contributed by atoms with E-state index in [1.54, 1.807) is 17.8 Å². The number of piperidine rings is 1. The quantitative estimate of drug-likeness (QED) is 0.504. The van der Waals surface area contributed by atoms with E-state index < -0.39 is 21.8 Å². The minimum absolute atomic E-state index is 0.00428. The van der Waals surface area contributed by atoms with Gasteiger partial charge in [0.25, 0.3) is 5.91 Å². The molecule has 33 heavy (non-hydrogen) atoms. The van der Waals surface area contributed by atoms with E-state index in [-0.39, 0.29) is 23.2 Å². The highest BCUT2D eigenvalue weighted by atomic mass is 32.2. The number of amides is 1. The largest absolute Gasteiger partial charge is 0.316 e. The number of hydrogen-bond acceptors (Lipinski definition) is 5. The van der Waals surface area contributed by atoms with Crippen molar-refractivity contribution in [3.8, 4) is 0 Å². The Morgan fingerprint density at radius 1 is 1.18 bits per heavy atom. The van der Waals surface area contributed by atoms with Crippen LogP contribution in [0.3, 0.4) is 0 Å². The SMILES string of the molecule is CSCCn1c(=NC(=O)C2CCCN(S(=O)(=O)c3ccc(F)cc3)C2)sc2cc(F)ccc21. The third kappa shape index (κ3) is 5.21. The monoisotopic (exact) mass is 511 g/mol. The first-order valence-electron chi connectivity index (χ1n) is 10.4. The molecule has 1 aromatic heterocycles. The molecule has 2 aromatic carbocycles. The highest BCUT2D eigenvalue weighted by Crippen LogP contribution is 2.25. The molecule has 1 fully saturated rings. The lowest BCUT2D eigenvalue weighted by Gasteiger charge is -2.30. The Labute approximate surface area is 199 Å². The number of benzene rings is 2. The van der Waals surface area contributed by atoms with Gasteiger partial charge >= 0.3 is 0 Å². The number of rotatable bonds is 6. The van der Waals surface area contributed by atoms with Crippen LogP contribution in [0.5, 0.6) is 0 Å². The second-order valence-electron chi connectivity index (χ2n) is 7.75. The molecule has 176 valence electrons. The van der Waals surface area contributed by atoms with E-state index in [9.17, 15) is 22.0 Å². The van der Waals surface area contributed by atoms with Crippen LogP contribution >= 0.6 is 23.1 Å². The van der Waals surface area contributed by atoms with Gasteiger partial charge in [-0.2, -0.15) is 21.1 Å². The second-order valence-corrected chi connectivity index (χ2v) is 11.7. The third-order valence-corrected chi connectivity index (χ3v) is 9.07. The fourth-order valence-corrected chi connectivity index (χ4v) is 6.81. The van der Waals surface area contributed by atoms with Crippen molar-refractivity contribution in [2.24, 2.45) is 10.9 Å². The summed E-state index contributed by atoms with van der Waals surface area (Å²) in [5.74, 6) is -1.04. The van der Waals surface area contributed by atoms with Crippen LogP contribution in [0.4, 0.5) is 8.78 Å². The molecule has 0 N–H and O–H groups in total. The lowest BCUT2D eigenvalue weighted by atomic mass is 9.99. The van der Waals surface area contributed by atoms with Crippen LogP contribution in [0.25, 0.3) is 10.2 Å². The summed E-state index contributed by atoms with van der Waals surface area (Å²) in [7, 11) is -3.84. The summed E-state index contributed by atoms with van der Waals surface area (Å²) in [5.41, 5.74) is 0.811. The molecule has 0 spiro atoms. The first-order valence-corrected chi connectivity index (χ1v) is 14.1. The van der Waals surface area contributed by atoms with E-state index in [2.05, 4.69) is 4.99 Å². The van der Waals surface area contributed by atoms with Crippen LogP contribution < -0.4 is 4.80 Å². The number of thiazole rings is 1. The number of fused-ring (bicyclic) bond motifs is 1. The van der Waals surface area contributed by atoms with E-state index in [0.29, 0.717) is 35.4 Å². The predicted molar refractivity (Wildman–Crippen MR) is 127 cm³/mol. The standard InChI is InChI=1S/C22H23F2N3O3S3/c1-31-12-11-27-19-9-6-17(24)13-20(19)32-22(27)25-21(28)15-3-2-10-26(14-15)33(29,30)18-7-4-16(23)5-8-18/h4-9,13,15H,2-3,10-12,14H2,1H3. The highest BCUT2D eigenvalue weighted by molar-refractivity contribution is 7.98. The maximum absolute atomic E-state index is 13.7.